The molecule has 1 aliphatic rings. The van der Waals surface area contributed by atoms with Gasteiger partial charge >= 0.3 is 0 Å². The van der Waals surface area contributed by atoms with E-state index in [-0.39, 0.29) is 16.9 Å². The van der Waals surface area contributed by atoms with Crippen molar-refractivity contribution in [3.8, 4) is 0 Å². The number of rotatable bonds is 3. The minimum absolute atomic E-state index is 0.159. The summed E-state index contributed by atoms with van der Waals surface area (Å²) in [5.41, 5.74) is 1.19. The summed E-state index contributed by atoms with van der Waals surface area (Å²) in [6.07, 6.45) is 2.22. The highest BCUT2D eigenvalue weighted by Crippen LogP contribution is 2.38. The molecule has 0 atom stereocenters. The Morgan fingerprint density at radius 2 is 2.00 bits per heavy atom. The van der Waals surface area contributed by atoms with Crippen molar-refractivity contribution in [2.45, 2.75) is 18.8 Å². The Morgan fingerprint density at radius 3 is 2.63 bits per heavy atom. The van der Waals surface area contributed by atoms with Crippen molar-refractivity contribution in [1.29, 1.82) is 0 Å². The zero-order valence-corrected chi connectivity index (χ0v) is 10.9. The van der Waals surface area contributed by atoms with Crippen LogP contribution in [0.3, 0.4) is 0 Å². The van der Waals surface area contributed by atoms with E-state index in [1.165, 1.54) is 0 Å². The molecule has 1 saturated carbocycles. The Morgan fingerprint density at radius 1 is 1.21 bits per heavy atom. The van der Waals surface area contributed by atoms with Crippen LogP contribution in [0.2, 0.25) is 5.02 Å². The fourth-order valence-electron chi connectivity index (χ4n) is 2.09. The zero-order chi connectivity index (χ0) is 13.4. The second kappa shape index (κ2) is 4.67. The molecule has 2 aromatic rings. The van der Waals surface area contributed by atoms with Gasteiger partial charge in [-0.25, -0.2) is 0 Å². The van der Waals surface area contributed by atoms with Gasteiger partial charge in [0, 0.05) is 16.3 Å². The minimum Gasteiger partial charge on any atom is -0.325 e. The third kappa shape index (κ3) is 2.47. The van der Waals surface area contributed by atoms with E-state index in [0.29, 0.717) is 16.5 Å². The number of pyridine rings is 1. The first kappa shape index (κ1) is 12.2. The summed E-state index contributed by atoms with van der Waals surface area (Å²) in [5.74, 6) is 0.161. The van der Waals surface area contributed by atoms with E-state index >= 15 is 0 Å². The molecule has 0 radical (unpaired) electrons. The first-order valence-electron chi connectivity index (χ1n) is 6.18. The van der Waals surface area contributed by atoms with E-state index < -0.39 is 0 Å². The first-order valence-corrected chi connectivity index (χ1v) is 6.56. The third-order valence-electron chi connectivity index (χ3n) is 3.28. The van der Waals surface area contributed by atoms with Gasteiger partial charge in [-0.2, -0.15) is 0 Å². The summed E-state index contributed by atoms with van der Waals surface area (Å²) in [6, 6.07) is 10.0. The van der Waals surface area contributed by atoms with Crippen LogP contribution in [0.1, 0.15) is 40.4 Å². The average Bonchev–Trinajstić information content (AvgIpc) is 3.22. The Kier molecular flexibility index (Phi) is 2.99. The molecule has 96 valence electrons. The molecule has 1 N–H and O–H groups in total. The van der Waals surface area contributed by atoms with Crippen LogP contribution < -0.4 is 5.56 Å². The van der Waals surface area contributed by atoms with Gasteiger partial charge in [0.1, 0.15) is 0 Å². The van der Waals surface area contributed by atoms with Crippen molar-refractivity contribution < 1.29 is 4.79 Å². The van der Waals surface area contributed by atoms with Gasteiger partial charge in [0.25, 0.3) is 5.56 Å². The molecule has 1 aromatic heterocycles. The lowest BCUT2D eigenvalue weighted by Gasteiger charge is -2.03. The van der Waals surface area contributed by atoms with Crippen molar-refractivity contribution in [1.82, 2.24) is 4.98 Å². The van der Waals surface area contributed by atoms with E-state index in [0.717, 1.165) is 18.5 Å². The molecule has 4 heteroatoms. The van der Waals surface area contributed by atoms with Gasteiger partial charge < -0.3 is 4.98 Å². The number of hydrogen-bond donors (Lipinski definition) is 1. The van der Waals surface area contributed by atoms with Crippen LogP contribution in [0, 0.1) is 0 Å². The van der Waals surface area contributed by atoms with Gasteiger partial charge in [-0.05, 0) is 43.0 Å². The second-order valence-corrected chi connectivity index (χ2v) is 5.21. The van der Waals surface area contributed by atoms with Crippen LogP contribution in [0.4, 0.5) is 0 Å². The predicted molar refractivity (Wildman–Crippen MR) is 73.9 cm³/mol. The van der Waals surface area contributed by atoms with Crippen LogP contribution in [-0.4, -0.2) is 10.8 Å². The second-order valence-electron chi connectivity index (χ2n) is 4.77. The Balaban J connectivity index is 1.97. The summed E-state index contributed by atoms with van der Waals surface area (Å²) < 4.78 is 0. The molecule has 1 fully saturated rings. The summed E-state index contributed by atoms with van der Waals surface area (Å²) in [7, 11) is 0. The fraction of sp³-hybridized carbons (Fsp3) is 0.200. The molecule has 0 aliphatic heterocycles. The van der Waals surface area contributed by atoms with Crippen LogP contribution in [-0.2, 0) is 0 Å². The molecule has 3 rings (SSSR count). The lowest BCUT2D eigenvalue weighted by atomic mass is 10.0. The molecule has 3 nitrogen and oxygen atoms in total. The van der Waals surface area contributed by atoms with Gasteiger partial charge in [-0.15, -0.1) is 0 Å². The standard InChI is InChI=1S/C15H12ClNO2/c16-11-3-1-2-10(8-11)14(18)12-6-7-13(9-4-5-9)17-15(12)19/h1-3,6-9H,4-5H2,(H,17,19). The number of ketones is 1. The van der Waals surface area contributed by atoms with Gasteiger partial charge in [0.2, 0.25) is 0 Å². The smallest absolute Gasteiger partial charge is 0.259 e. The van der Waals surface area contributed by atoms with Gasteiger partial charge in [-0.1, -0.05) is 23.7 Å². The highest BCUT2D eigenvalue weighted by atomic mass is 35.5. The summed E-state index contributed by atoms with van der Waals surface area (Å²) in [5, 5.41) is 0.483. The number of halogens is 1. The fourth-order valence-corrected chi connectivity index (χ4v) is 2.28. The average molecular weight is 274 g/mol. The lowest BCUT2D eigenvalue weighted by molar-refractivity contribution is 0.103. The number of carbonyl (C=O) groups is 1. The Labute approximate surface area is 115 Å². The highest BCUT2D eigenvalue weighted by Gasteiger charge is 2.25. The van der Waals surface area contributed by atoms with E-state index in [9.17, 15) is 9.59 Å². The van der Waals surface area contributed by atoms with Gasteiger partial charge in [0.05, 0.1) is 5.56 Å². The Hall–Kier alpha value is -1.87. The van der Waals surface area contributed by atoms with Gasteiger partial charge in [-0.3, -0.25) is 9.59 Å². The molecule has 1 heterocycles. The molecule has 1 aromatic carbocycles. The number of benzene rings is 1. The molecular formula is C15H12ClNO2. The monoisotopic (exact) mass is 273 g/mol. The minimum atomic E-state index is -0.325. The molecule has 0 amide bonds. The summed E-state index contributed by atoms with van der Waals surface area (Å²) >= 11 is 5.85. The molecule has 19 heavy (non-hydrogen) atoms. The third-order valence-corrected chi connectivity index (χ3v) is 3.52. The van der Waals surface area contributed by atoms with Crippen LogP contribution in [0.5, 0.6) is 0 Å². The van der Waals surface area contributed by atoms with Crippen LogP contribution in [0.15, 0.2) is 41.2 Å². The molecule has 1 aliphatic carbocycles. The maximum absolute atomic E-state index is 12.2. The SMILES string of the molecule is O=C(c1cccc(Cl)c1)c1ccc(C2CC2)[nH]c1=O. The molecule has 0 unspecified atom stereocenters. The number of carbonyl (C=O) groups excluding carboxylic acids is 1. The van der Waals surface area contributed by atoms with E-state index in [2.05, 4.69) is 4.98 Å². The summed E-state index contributed by atoms with van der Waals surface area (Å²) in [4.78, 5) is 27.0. The highest BCUT2D eigenvalue weighted by molar-refractivity contribution is 6.31. The Bertz CT molecular complexity index is 701. The molecule has 0 bridgehead atoms. The number of aromatic amines is 1. The summed E-state index contributed by atoms with van der Waals surface area (Å²) in [6.45, 7) is 0. The van der Waals surface area contributed by atoms with Crippen molar-refractivity contribution in [3.05, 3.63) is 68.6 Å². The first-order chi connectivity index (χ1) is 9.15. The maximum Gasteiger partial charge on any atom is 0.259 e. The topological polar surface area (TPSA) is 49.9 Å². The molecule has 0 saturated heterocycles. The number of hydrogen-bond acceptors (Lipinski definition) is 2. The molecular weight excluding hydrogens is 262 g/mol. The van der Waals surface area contributed by atoms with Crippen LogP contribution in [0.25, 0.3) is 0 Å². The van der Waals surface area contributed by atoms with Crippen molar-refractivity contribution in [2.24, 2.45) is 0 Å². The van der Waals surface area contributed by atoms with E-state index in [1.54, 1.807) is 30.3 Å². The van der Waals surface area contributed by atoms with E-state index in [4.69, 9.17) is 11.6 Å². The van der Waals surface area contributed by atoms with Crippen LogP contribution >= 0.6 is 11.6 Å². The predicted octanol–water partition coefficient (Wildman–Crippen LogP) is 3.14. The quantitative estimate of drug-likeness (QED) is 0.874. The van der Waals surface area contributed by atoms with Crippen molar-refractivity contribution in [2.75, 3.05) is 0 Å². The van der Waals surface area contributed by atoms with Gasteiger partial charge in [0.15, 0.2) is 5.78 Å². The van der Waals surface area contributed by atoms with Crippen molar-refractivity contribution >= 4 is 17.4 Å². The number of H-pyrrole nitrogens is 1. The molecule has 0 spiro atoms. The van der Waals surface area contributed by atoms with E-state index in [1.807, 2.05) is 6.07 Å². The normalized spacial score (nSPS) is 14.4. The lowest BCUT2D eigenvalue weighted by Crippen LogP contribution is -2.19. The number of aromatic nitrogens is 1. The number of nitrogens with one attached hydrogen (secondary N) is 1. The van der Waals surface area contributed by atoms with Crippen molar-refractivity contribution in [3.63, 3.8) is 0 Å². The largest absolute Gasteiger partial charge is 0.325 e. The maximum atomic E-state index is 12.2. The zero-order valence-electron chi connectivity index (χ0n) is 10.2.